The normalized spacial score (nSPS) is 10.3. The number of hydrogen-bond acceptors (Lipinski definition) is 3. The van der Waals surface area contributed by atoms with Gasteiger partial charge in [-0.1, -0.05) is 12.8 Å². The van der Waals surface area contributed by atoms with Gasteiger partial charge in [-0.15, -0.1) is 0 Å². The van der Waals surface area contributed by atoms with Crippen LogP contribution in [-0.2, 0) is 0 Å². The van der Waals surface area contributed by atoms with Gasteiger partial charge in [0, 0.05) is 13.0 Å². The fraction of sp³-hybridized carbons (Fsp3) is 0.900. The molecule has 0 heterocycles. The molecule has 0 radical (unpaired) electrons. The van der Waals surface area contributed by atoms with E-state index in [-0.39, 0.29) is 0 Å². The van der Waals surface area contributed by atoms with Crippen molar-refractivity contribution in [3.63, 3.8) is 0 Å². The summed E-state index contributed by atoms with van der Waals surface area (Å²) in [6, 6.07) is 2.16. The molecular weight excluding hydrogens is 180 g/mol. The van der Waals surface area contributed by atoms with E-state index in [1.165, 1.54) is 25.7 Å². The number of unbranched alkanes of at least 4 members (excludes halogenated alkanes) is 3. The Kier molecular flexibility index (Phi) is 9.73. The summed E-state index contributed by atoms with van der Waals surface area (Å²) in [5, 5.41) is 8.37. The molecule has 0 spiro atoms. The maximum Gasteiger partial charge on any atom is 0.0635 e. The van der Waals surface area contributed by atoms with E-state index in [4.69, 9.17) is 5.26 Å². The lowest BCUT2D eigenvalue weighted by molar-refractivity contribution is 0.332. The Hall–Kier alpha value is -0.200. The molecule has 0 amide bonds. The van der Waals surface area contributed by atoms with Crippen molar-refractivity contribution < 1.29 is 0 Å². The highest BCUT2D eigenvalue weighted by Gasteiger charge is 1.96. The van der Waals surface area contributed by atoms with Crippen LogP contribution in [0.4, 0.5) is 0 Å². The lowest BCUT2D eigenvalue weighted by Gasteiger charge is -2.13. The molecule has 0 saturated carbocycles. The molecule has 0 atom stereocenters. The summed E-state index contributed by atoms with van der Waals surface area (Å²) in [5.41, 5.74) is 0. The topological polar surface area (TPSA) is 27.0 Å². The predicted octanol–water partition coefficient (Wildman–Crippen LogP) is 2.32. The molecule has 0 aromatic rings. The van der Waals surface area contributed by atoms with E-state index in [1.54, 1.807) is 0 Å². The third-order valence-corrected chi connectivity index (χ3v) is 2.37. The van der Waals surface area contributed by atoms with Gasteiger partial charge in [-0.05, 0) is 32.2 Å². The van der Waals surface area contributed by atoms with Crippen molar-refractivity contribution in [1.82, 2.24) is 4.90 Å². The van der Waals surface area contributed by atoms with Crippen LogP contribution in [-0.4, -0.2) is 30.8 Å². The highest BCUT2D eigenvalue weighted by molar-refractivity contribution is 7.80. The molecule has 2 nitrogen and oxygen atoms in total. The maximum absolute atomic E-state index is 8.37. The molecule has 3 heteroatoms. The van der Waals surface area contributed by atoms with Gasteiger partial charge in [-0.25, -0.2) is 0 Å². The van der Waals surface area contributed by atoms with Crippen LogP contribution < -0.4 is 0 Å². The zero-order chi connectivity index (χ0) is 9.94. The number of hydrogen-bond donors (Lipinski definition) is 1. The largest absolute Gasteiger partial charge is 0.305 e. The summed E-state index contributed by atoms with van der Waals surface area (Å²) >= 11 is 4.16. The van der Waals surface area contributed by atoms with Gasteiger partial charge in [-0.3, -0.25) is 0 Å². The van der Waals surface area contributed by atoms with Gasteiger partial charge in [0.2, 0.25) is 0 Å². The molecule has 0 aliphatic heterocycles. The molecule has 0 fully saturated rings. The van der Waals surface area contributed by atoms with E-state index in [0.717, 1.165) is 18.8 Å². The van der Waals surface area contributed by atoms with Crippen LogP contribution in [0.15, 0.2) is 0 Å². The van der Waals surface area contributed by atoms with E-state index in [2.05, 4.69) is 30.6 Å². The summed E-state index contributed by atoms with van der Waals surface area (Å²) in [6.45, 7) is 2.03. The first-order valence-corrected chi connectivity index (χ1v) is 5.61. The van der Waals surface area contributed by atoms with Crippen LogP contribution in [0.1, 0.15) is 32.1 Å². The Balaban J connectivity index is 3.08. The molecule has 76 valence electrons. The summed E-state index contributed by atoms with van der Waals surface area (Å²) in [6.07, 6.45) is 5.70. The van der Waals surface area contributed by atoms with Crippen molar-refractivity contribution >= 4 is 12.6 Å². The lowest BCUT2D eigenvalue weighted by Crippen LogP contribution is -2.20. The average Bonchev–Trinajstić information content (AvgIpc) is 2.14. The zero-order valence-corrected chi connectivity index (χ0v) is 9.39. The third-order valence-electron chi connectivity index (χ3n) is 2.05. The van der Waals surface area contributed by atoms with E-state index in [9.17, 15) is 0 Å². The first-order chi connectivity index (χ1) is 6.31. The van der Waals surface area contributed by atoms with Gasteiger partial charge in [0.1, 0.15) is 0 Å². The van der Waals surface area contributed by atoms with Crippen molar-refractivity contribution in [2.75, 3.05) is 25.9 Å². The Labute approximate surface area is 87.3 Å². The monoisotopic (exact) mass is 200 g/mol. The Morgan fingerprint density at radius 1 is 1.15 bits per heavy atom. The molecule has 0 bridgehead atoms. The molecule has 0 saturated heterocycles. The molecule has 0 aromatic carbocycles. The smallest absolute Gasteiger partial charge is 0.0635 e. The number of thiol groups is 1. The Morgan fingerprint density at radius 3 is 2.46 bits per heavy atom. The summed E-state index contributed by atoms with van der Waals surface area (Å²) < 4.78 is 0. The van der Waals surface area contributed by atoms with Gasteiger partial charge >= 0.3 is 0 Å². The second kappa shape index (κ2) is 9.88. The summed E-state index contributed by atoms with van der Waals surface area (Å²) in [7, 11) is 2.08. The SMILES string of the molecule is CN(CCC#N)CCCCCCS. The maximum atomic E-state index is 8.37. The highest BCUT2D eigenvalue weighted by atomic mass is 32.1. The van der Waals surface area contributed by atoms with Gasteiger partial charge < -0.3 is 4.90 Å². The van der Waals surface area contributed by atoms with Crippen molar-refractivity contribution in [3.05, 3.63) is 0 Å². The number of nitriles is 1. The molecule has 0 aliphatic rings. The first-order valence-electron chi connectivity index (χ1n) is 4.97. The number of rotatable bonds is 8. The van der Waals surface area contributed by atoms with Crippen LogP contribution in [0.2, 0.25) is 0 Å². The predicted molar refractivity (Wildman–Crippen MR) is 60.0 cm³/mol. The summed E-state index contributed by atoms with van der Waals surface area (Å²) in [4.78, 5) is 2.23. The molecule has 0 rings (SSSR count). The second-order valence-corrected chi connectivity index (χ2v) is 3.80. The van der Waals surface area contributed by atoms with Crippen LogP contribution in [0.25, 0.3) is 0 Å². The first kappa shape index (κ1) is 12.8. The standard InChI is InChI=1S/C10H20N2S/c1-12(9-6-7-11)8-4-2-3-5-10-13/h13H,2-6,8-10H2,1H3. The fourth-order valence-electron chi connectivity index (χ4n) is 1.20. The highest BCUT2D eigenvalue weighted by Crippen LogP contribution is 2.01. The lowest BCUT2D eigenvalue weighted by atomic mass is 10.2. The zero-order valence-electron chi connectivity index (χ0n) is 8.50. The Morgan fingerprint density at radius 2 is 1.85 bits per heavy atom. The molecule has 0 aromatic heterocycles. The van der Waals surface area contributed by atoms with Crippen molar-refractivity contribution in [3.8, 4) is 6.07 Å². The molecule has 0 unspecified atom stereocenters. The van der Waals surface area contributed by atoms with Crippen LogP contribution in [0.3, 0.4) is 0 Å². The van der Waals surface area contributed by atoms with Crippen molar-refractivity contribution in [1.29, 1.82) is 5.26 Å². The van der Waals surface area contributed by atoms with Gasteiger partial charge in [0.25, 0.3) is 0 Å². The molecular formula is C10H20N2S. The Bertz CT molecular complexity index is 142. The minimum Gasteiger partial charge on any atom is -0.305 e. The van der Waals surface area contributed by atoms with E-state index < -0.39 is 0 Å². The summed E-state index contributed by atoms with van der Waals surface area (Å²) in [5.74, 6) is 1.00. The number of nitrogens with zero attached hydrogens (tertiary/aromatic N) is 2. The molecule has 0 aliphatic carbocycles. The third kappa shape index (κ3) is 9.72. The van der Waals surface area contributed by atoms with Crippen molar-refractivity contribution in [2.24, 2.45) is 0 Å². The van der Waals surface area contributed by atoms with Crippen LogP contribution >= 0.6 is 12.6 Å². The van der Waals surface area contributed by atoms with Crippen LogP contribution in [0.5, 0.6) is 0 Å². The van der Waals surface area contributed by atoms with Crippen molar-refractivity contribution in [2.45, 2.75) is 32.1 Å². The average molecular weight is 200 g/mol. The van der Waals surface area contributed by atoms with E-state index in [1.807, 2.05) is 0 Å². The second-order valence-electron chi connectivity index (χ2n) is 3.35. The minimum absolute atomic E-state index is 0.646. The van der Waals surface area contributed by atoms with Gasteiger partial charge in [0.15, 0.2) is 0 Å². The fourth-order valence-corrected chi connectivity index (χ4v) is 1.42. The van der Waals surface area contributed by atoms with Gasteiger partial charge in [-0.2, -0.15) is 17.9 Å². The molecule has 13 heavy (non-hydrogen) atoms. The van der Waals surface area contributed by atoms with Gasteiger partial charge in [0.05, 0.1) is 6.07 Å². The van der Waals surface area contributed by atoms with E-state index >= 15 is 0 Å². The van der Waals surface area contributed by atoms with E-state index in [0.29, 0.717) is 6.42 Å². The molecule has 0 N–H and O–H groups in total. The quantitative estimate of drug-likeness (QED) is 0.481. The van der Waals surface area contributed by atoms with Crippen LogP contribution in [0, 0.1) is 11.3 Å². The minimum atomic E-state index is 0.646.